The van der Waals surface area contributed by atoms with Gasteiger partial charge >= 0.3 is 10.1 Å². The van der Waals surface area contributed by atoms with Crippen LogP contribution >= 0.6 is 0 Å². The summed E-state index contributed by atoms with van der Waals surface area (Å²) in [5, 5.41) is 0. The Kier molecular flexibility index (Phi) is 2.85. The van der Waals surface area contributed by atoms with Gasteiger partial charge in [0, 0.05) is 11.8 Å². The Bertz CT molecular complexity index is 427. The lowest BCUT2D eigenvalue weighted by Crippen LogP contribution is -2.07. The predicted molar refractivity (Wildman–Crippen MR) is 52.9 cm³/mol. The van der Waals surface area contributed by atoms with E-state index < -0.39 is 10.1 Å². The number of rotatable bonds is 3. The summed E-state index contributed by atoms with van der Waals surface area (Å²) in [7, 11) is -2.14. The number of nitrogen functional groups attached to an aromatic ring is 1. The topological polar surface area (TPSA) is 78.6 Å². The van der Waals surface area contributed by atoms with Gasteiger partial charge in [-0.25, -0.2) is 0 Å². The van der Waals surface area contributed by atoms with Crippen molar-refractivity contribution in [2.45, 2.75) is 0 Å². The maximum absolute atomic E-state index is 10.9. The van der Waals surface area contributed by atoms with Crippen LogP contribution in [0.4, 0.5) is 5.69 Å². The molecule has 0 fully saturated rings. The van der Waals surface area contributed by atoms with Crippen LogP contribution in [0.3, 0.4) is 0 Å². The zero-order valence-corrected chi connectivity index (χ0v) is 8.67. The normalized spacial score (nSPS) is 11.0. The van der Waals surface area contributed by atoms with Crippen LogP contribution in [0.5, 0.6) is 11.5 Å². The van der Waals surface area contributed by atoms with Gasteiger partial charge in [-0.1, -0.05) is 0 Å². The Labute approximate surface area is 82.6 Å². The van der Waals surface area contributed by atoms with Crippen molar-refractivity contribution in [3.8, 4) is 11.5 Å². The first-order chi connectivity index (χ1) is 6.42. The first-order valence-corrected chi connectivity index (χ1v) is 5.57. The maximum atomic E-state index is 10.9. The molecule has 0 amide bonds. The highest BCUT2D eigenvalue weighted by Crippen LogP contribution is 2.29. The molecule has 78 valence electrons. The fraction of sp³-hybridized carbons (Fsp3) is 0.250. The van der Waals surface area contributed by atoms with Crippen molar-refractivity contribution in [1.29, 1.82) is 0 Å². The first kappa shape index (κ1) is 10.6. The fourth-order valence-electron chi connectivity index (χ4n) is 0.922. The third-order valence-corrected chi connectivity index (χ3v) is 1.91. The molecule has 0 aliphatic heterocycles. The summed E-state index contributed by atoms with van der Waals surface area (Å²) in [6.07, 6.45) is 0.954. The lowest BCUT2D eigenvalue weighted by atomic mass is 10.3. The van der Waals surface area contributed by atoms with Crippen molar-refractivity contribution < 1.29 is 17.3 Å². The molecular formula is C8H11NO4S. The van der Waals surface area contributed by atoms with Gasteiger partial charge in [-0.3, -0.25) is 0 Å². The molecule has 0 aromatic heterocycles. The molecule has 0 bridgehead atoms. The van der Waals surface area contributed by atoms with Crippen molar-refractivity contribution in [2.75, 3.05) is 19.1 Å². The molecule has 2 N–H and O–H groups in total. The molecule has 1 aromatic rings. The highest BCUT2D eigenvalue weighted by molar-refractivity contribution is 7.86. The van der Waals surface area contributed by atoms with Crippen LogP contribution in [0.2, 0.25) is 0 Å². The largest absolute Gasteiger partial charge is 0.493 e. The van der Waals surface area contributed by atoms with Crippen molar-refractivity contribution in [3.63, 3.8) is 0 Å². The van der Waals surface area contributed by atoms with Gasteiger partial charge in [0.25, 0.3) is 0 Å². The maximum Gasteiger partial charge on any atom is 0.306 e. The molecule has 0 spiro atoms. The van der Waals surface area contributed by atoms with Crippen molar-refractivity contribution in [3.05, 3.63) is 18.2 Å². The molecular weight excluding hydrogens is 206 g/mol. The number of nitrogens with two attached hydrogens (primary N) is 1. The predicted octanol–water partition coefficient (Wildman–Crippen LogP) is 0.616. The van der Waals surface area contributed by atoms with Gasteiger partial charge in [0.1, 0.15) is 0 Å². The van der Waals surface area contributed by atoms with E-state index in [1.807, 2.05) is 0 Å². The molecule has 0 aliphatic rings. The Balaban J connectivity index is 3.11. The smallest absolute Gasteiger partial charge is 0.306 e. The number of hydrogen-bond donors (Lipinski definition) is 1. The van der Waals surface area contributed by atoms with Crippen LogP contribution in [0, 0.1) is 0 Å². The minimum absolute atomic E-state index is 0.0926. The number of benzene rings is 1. The lowest BCUT2D eigenvalue weighted by Gasteiger charge is -2.08. The molecule has 0 saturated heterocycles. The van der Waals surface area contributed by atoms with Gasteiger partial charge in [-0.15, -0.1) is 0 Å². The van der Waals surface area contributed by atoms with Crippen LogP contribution < -0.4 is 14.7 Å². The van der Waals surface area contributed by atoms with Crippen LogP contribution in [0.25, 0.3) is 0 Å². The van der Waals surface area contributed by atoms with Crippen molar-refractivity contribution in [2.24, 2.45) is 0 Å². The standard InChI is InChI=1S/C8H11NO4S/c1-12-7-4-3-6(9)5-8(7)13-14(2,10)11/h3-5H,9H2,1-2H3. The first-order valence-electron chi connectivity index (χ1n) is 3.75. The second-order valence-electron chi connectivity index (χ2n) is 2.70. The zero-order chi connectivity index (χ0) is 10.8. The van der Waals surface area contributed by atoms with Crippen molar-refractivity contribution >= 4 is 15.8 Å². The van der Waals surface area contributed by atoms with E-state index in [4.69, 9.17) is 10.5 Å². The van der Waals surface area contributed by atoms with Crippen LogP contribution in [-0.2, 0) is 10.1 Å². The van der Waals surface area contributed by atoms with Gasteiger partial charge in [0.15, 0.2) is 11.5 Å². The summed E-state index contributed by atoms with van der Waals surface area (Å²) >= 11 is 0. The Morgan fingerprint density at radius 3 is 2.43 bits per heavy atom. The van der Waals surface area contributed by atoms with Gasteiger partial charge in [0.05, 0.1) is 13.4 Å². The Hall–Kier alpha value is -1.43. The molecule has 0 heterocycles. The monoisotopic (exact) mass is 217 g/mol. The summed E-state index contributed by atoms with van der Waals surface area (Å²) < 4.78 is 31.3. The van der Waals surface area contributed by atoms with E-state index in [1.165, 1.54) is 19.2 Å². The van der Waals surface area contributed by atoms with E-state index in [0.717, 1.165) is 6.26 Å². The Morgan fingerprint density at radius 1 is 1.29 bits per heavy atom. The SMILES string of the molecule is COc1ccc(N)cc1OS(C)(=O)=O. The van der Waals surface area contributed by atoms with Gasteiger partial charge in [-0.2, -0.15) is 8.42 Å². The van der Waals surface area contributed by atoms with Crippen LogP contribution in [0.1, 0.15) is 0 Å². The van der Waals surface area contributed by atoms with Gasteiger partial charge < -0.3 is 14.7 Å². The lowest BCUT2D eigenvalue weighted by molar-refractivity contribution is 0.391. The molecule has 0 aliphatic carbocycles. The van der Waals surface area contributed by atoms with E-state index in [0.29, 0.717) is 11.4 Å². The minimum Gasteiger partial charge on any atom is -0.493 e. The molecule has 0 saturated carbocycles. The average molecular weight is 217 g/mol. The summed E-state index contributed by atoms with van der Waals surface area (Å²) in [6, 6.07) is 4.52. The van der Waals surface area contributed by atoms with Gasteiger partial charge in [-0.05, 0) is 12.1 Å². The summed E-state index contributed by atoms with van der Waals surface area (Å²) in [6.45, 7) is 0. The summed E-state index contributed by atoms with van der Waals surface area (Å²) in [4.78, 5) is 0. The number of hydrogen-bond acceptors (Lipinski definition) is 5. The van der Waals surface area contributed by atoms with E-state index in [1.54, 1.807) is 6.07 Å². The molecule has 6 heteroatoms. The molecule has 14 heavy (non-hydrogen) atoms. The van der Waals surface area contributed by atoms with E-state index in [9.17, 15) is 8.42 Å². The highest BCUT2D eigenvalue weighted by Gasteiger charge is 2.10. The third kappa shape index (κ3) is 2.81. The molecule has 0 atom stereocenters. The number of anilines is 1. The average Bonchev–Trinajstić information content (AvgIpc) is 2.01. The molecule has 0 unspecified atom stereocenters. The van der Waals surface area contributed by atoms with E-state index in [2.05, 4.69) is 4.18 Å². The third-order valence-electron chi connectivity index (χ3n) is 1.43. The van der Waals surface area contributed by atoms with Gasteiger partial charge in [0.2, 0.25) is 0 Å². The molecule has 5 nitrogen and oxygen atoms in total. The second-order valence-corrected chi connectivity index (χ2v) is 4.27. The van der Waals surface area contributed by atoms with Crippen molar-refractivity contribution in [1.82, 2.24) is 0 Å². The highest BCUT2D eigenvalue weighted by atomic mass is 32.2. The molecule has 0 radical (unpaired) electrons. The molecule has 1 rings (SSSR count). The van der Waals surface area contributed by atoms with Crippen LogP contribution in [0.15, 0.2) is 18.2 Å². The zero-order valence-electron chi connectivity index (χ0n) is 7.85. The van der Waals surface area contributed by atoms with E-state index in [-0.39, 0.29) is 5.75 Å². The summed E-state index contributed by atoms with van der Waals surface area (Å²) in [5.41, 5.74) is 5.88. The Morgan fingerprint density at radius 2 is 1.93 bits per heavy atom. The van der Waals surface area contributed by atoms with Crippen LogP contribution in [-0.4, -0.2) is 21.8 Å². The quantitative estimate of drug-likeness (QED) is 0.593. The number of methoxy groups -OCH3 is 1. The number of ether oxygens (including phenoxy) is 1. The fourth-order valence-corrected chi connectivity index (χ4v) is 1.38. The second kappa shape index (κ2) is 3.75. The van der Waals surface area contributed by atoms with E-state index >= 15 is 0 Å². The summed E-state index contributed by atoms with van der Waals surface area (Å²) in [5.74, 6) is 0.416. The molecule has 1 aromatic carbocycles. The minimum atomic E-state index is -3.56.